The quantitative estimate of drug-likeness (QED) is 0.607. The Kier molecular flexibility index (Phi) is 6.00. The number of nitrogens with one attached hydrogen (secondary N) is 1. The lowest BCUT2D eigenvalue weighted by atomic mass is 9.94. The van der Waals surface area contributed by atoms with Crippen molar-refractivity contribution < 1.29 is 4.79 Å². The van der Waals surface area contributed by atoms with E-state index in [0.717, 1.165) is 53.7 Å². The van der Waals surface area contributed by atoms with E-state index in [1.54, 1.807) is 23.6 Å². The van der Waals surface area contributed by atoms with E-state index in [4.69, 9.17) is 4.98 Å². The van der Waals surface area contributed by atoms with Gasteiger partial charge in [0.2, 0.25) is 5.91 Å². The van der Waals surface area contributed by atoms with Crippen molar-refractivity contribution >= 4 is 34.3 Å². The maximum absolute atomic E-state index is 12.5. The van der Waals surface area contributed by atoms with Crippen molar-refractivity contribution in [1.29, 1.82) is 0 Å². The molecule has 0 spiro atoms. The van der Waals surface area contributed by atoms with Gasteiger partial charge in [-0.15, -0.1) is 11.3 Å². The highest BCUT2D eigenvalue weighted by molar-refractivity contribution is 7.13. The summed E-state index contributed by atoms with van der Waals surface area (Å²) in [5.41, 5.74) is 3.25. The highest BCUT2D eigenvalue weighted by Crippen LogP contribution is 2.31. The minimum atomic E-state index is 0.0820. The smallest absolute Gasteiger partial charge is 0.246 e. The molecule has 4 rings (SSSR count). The van der Waals surface area contributed by atoms with E-state index in [1.807, 2.05) is 60.4 Å². The summed E-state index contributed by atoms with van der Waals surface area (Å²) in [7, 11) is 0. The van der Waals surface area contributed by atoms with Gasteiger partial charge in [-0.1, -0.05) is 36.4 Å². The Labute approximate surface area is 175 Å². The average Bonchev–Trinajstić information content (AvgIpc) is 3.23. The summed E-state index contributed by atoms with van der Waals surface area (Å²) < 4.78 is 0. The fraction of sp³-hybridized carbons (Fsp3) is 0.261. The Balaban J connectivity index is 1.32. The molecular formula is C23H24N4OS. The van der Waals surface area contributed by atoms with Crippen LogP contribution >= 0.6 is 11.3 Å². The van der Waals surface area contributed by atoms with Gasteiger partial charge in [0.05, 0.1) is 5.69 Å². The molecule has 1 aliphatic heterocycles. The molecule has 0 bridgehead atoms. The minimum Gasteiger partial charge on any atom is -0.339 e. The SMILES string of the molecule is Cc1cccnc1Nc1nc(C2CCN(C(=O)/C=C/c3ccccc3)CC2)cs1. The molecule has 0 unspecified atom stereocenters. The molecule has 1 N–H and O–H groups in total. The highest BCUT2D eigenvalue weighted by Gasteiger charge is 2.24. The van der Waals surface area contributed by atoms with Crippen molar-refractivity contribution in [3.63, 3.8) is 0 Å². The van der Waals surface area contributed by atoms with Crippen molar-refractivity contribution in [3.05, 3.63) is 76.9 Å². The van der Waals surface area contributed by atoms with E-state index in [9.17, 15) is 4.79 Å². The van der Waals surface area contributed by atoms with Crippen LogP contribution in [0.25, 0.3) is 6.08 Å². The molecule has 3 heterocycles. The van der Waals surface area contributed by atoms with Crippen LogP contribution in [0, 0.1) is 6.92 Å². The van der Waals surface area contributed by atoms with Crippen LogP contribution in [-0.4, -0.2) is 33.9 Å². The number of rotatable bonds is 5. The number of carbonyl (C=O) groups excluding carboxylic acids is 1. The number of hydrogen-bond donors (Lipinski definition) is 1. The predicted molar refractivity (Wildman–Crippen MR) is 118 cm³/mol. The van der Waals surface area contributed by atoms with E-state index in [1.165, 1.54) is 0 Å². The predicted octanol–water partition coefficient (Wildman–Crippen LogP) is 5.01. The van der Waals surface area contributed by atoms with E-state index in [2.05, 4.69) is 15.7 Å². The summed E-state index contributed by atoms with van der Waals surface area (Å²) >= 11 is 1.61. The molecule has 0 aliphatic carbocycles. The fourth-order valence-electron chi connectivity index (χ4n) is 3.48. The number of piperidine rings is 1. The van der Waals surface area contributed by atoms with Gasteiger partial charge in [0.15, 0.2) is 5.13 Å². The number of nitrogens with zero attached hydrogens (tertiary/aromatic N) is 3. The van der Waals surface area contributed by atoms with E-state index in [-0.39, 0.29) is 5.91 Å². The first-order valence-electron chi connectivity index (χ1n) is 9.85. The molecule has 2 aromatic heterocycles. The van der Waals surface area contributed by atoms with Crippen LogP contribution in [0.15, 0.2) is 60.1 Å². The molecule has 148 valence electrons. The number of hydrogen-bond acceptors (Lipinski definition) is 5. The van der Waals surface area contributed by atoms with Gasteiger partial charge in [0, 0.05) is 36.7 Å². The first kappa shape index (κ1) is 19.3. The fourth-order valence-corrected chi connectivity index (χ4v) is 4.27. The van der Waals surface area contributed by atoms with Gasteiger partial charge >= 0.3 is 0 Å². The van der Waals surface area contributed by atoms with Crippen LogP contribution in [0.1, 0.15) is 35.6 Å². The molecule has 1 saturated heterocycles. The molecule has 1 aliphatic rings. The lowest BCUT2D eigenvalue weighted by Crippen LogP contribution is -2.36. The van der Waals surface area contributed by atoms with Crippen LogP contribution in [0.4, 0.5) is 10.9 Å². The van der Waals surface area contributed by atoms with Gasteiger partial charge in [-0.05, 0) is 43.0 Å². The minimum absolute atomic E-state index is 0.0820. The molecule has 5 nitrogen and oxygen atoms in total. The third kappa shape index (κ3) is 4.90. The molecule has 1 amide bonds. The van der Waals surface area contributed by atoms with Crippen LogP contribution in [0.3, 0.4) is 0 Å². The molecule has 29 heavy (non-hydrogen) atoms. The van der Waals surface area contributed by atoms with Gasteiger partial charge in [-0.2, -0.15) is 0 Å². The number of pyridine rings is 1. The van der Waals surface area contributed by atoms with Gasteiger partial charge < -0.3 is 10.2 Å². The topological polar surface area (TPSA) is 58.1 Å². The highest BCUT2D eigenvalue weighted by atomic mass is 32.1. The average molecular weight is 405 g/mol. The van der Waals surface area contributed by atoms with Crippen molar-refractivity contribution in [3.8, 4) is 0 Å². The first-order chi connectivity index (χ1) is 14.2. The Morgan fingerprint density at radius 1 is 1.17 bits per heavy atom. The third-order valence-corrected chi connectivity index (χ3v) is 5.98. The molecule has 1 aromatic carbocycles. The second-order valence-electron chi connectivity index (χ2n) is 7.22. The maximum atomic E-state index is 12.5. The molecule has 3 aromatic rings. The molecule has 6 heteroatoms. The zero-order valence-electron chi connectivity index (χ0n) is 16.4. The summed E-state index contributed by atoms with van der Waals surface area (Å²) in [4.78, 5) is 23.5. The van der Waals surface area contributed by atoms with Crippen molar-refractivity contribution in [2.24, 2.45) is 0 Å². The molecule has 1 fully saturated rings. The van der Waals surface area contributed by atoms with Crippen molar-refractivity contribution in [2.45, 2.75) is 25.7 Å². The molecule has 0 saturated carbocycles. The number of aromatic nitrogens is 2. The number of thiazole rings is 1. The summed E-state index contributed by atoms with van der Waals surface area (Å²) in [6.45, 7) is 3.56. The molecule has 0 atom stereocenters. The number of aryl methyl sites for hydroxylation is 1. The van der Waals surface area contributed by atoms with Gasteiger partial charge in [0.1, 0.15) is 5.82 Å². The summed E-state index contributed by atoms with van der Waals surface area (Å²) in [5.74, 6) is 1.33. The molecule has 0 radical (unpaired) electrons. The van der Waals surface area contributed by atoms with Crippen LogP contribution in [-0.2, 0) is 4.79 Å². The van der Waals surface area contributed by atoms with Crippen molar-refractivity contribution in [1.82, 2.24) is 14.9 Å². The second kappa shape index (κ2) is 9.01. The molecular weight excluding hydrogens is 380 g/mol. The zero-order valence-corrected chi connectivity index (χ0v) is 17.2. The Hall–Kier alpha value is -2.99. The number of benzene rings is 1. The third-order valence-electron chi connectivity index (χ3n) is 5.20. The zero-order chi connectivity index (χ0) is 20.1. The van der Waals surface area contributed by atoms with Gasteiger partial charge in [-0.3, -0.25) is 4.79 Å². The van der Waals surface area contributed by atoms with Crippen LogP contribution in [0.2, 0.25) is 0 Å². The largest absolute Gasteiger partial charge is 0.339 e. The summed E-state index contributed by atoms with van der Waals surface area (Å²) in [6.07, 6.45) is 7.22. The van der Waals surface area contributed by atoms with Gasteiger partial charge in [0.25, 0.3) is 0 Å². The van der Waals surface area contributed by atoms with Crippen LogP contribution in [0.5, 0.6) is 0 Å². The van der Waals surface area contributed by atoms with Gasteiger partial charge in [-0.25, -0.2) is 9.97 Å². The summed E-state index contributed by atoms with van der Waals surface area (Å²) in [6, 6.07) is 13.9. The van der Waals surface area contributed by atoms with Crippen LogP contribution < -0.4 is 5.32 Å². The Morgan fingerprint density at radius 3 is 2.72 bits per heavy atom. The number of anilines is 2. The lowest BCUT2D eigenvalue weighted by Gasteiger charge is -2.30. The maximum Gasteiger partial charge on any atom is 0.246 e. The lowest BCUT2D eigenvalue weighted by molar-refractivity contribution is -0.126. The normalized spacial score (nSPS) is 15.0. The monoisotopic (exact) mass is 404 g/mol. The standard InChI is InChI=1S/C23H24N4OS/c1-17-6-5-13-24-22(17)26-23-25-20(16-29-23)19-11-14-27(15-12-19)21(28)10-9-18-7-3-2-4-8-18/h2-10,13,16,19H,11-12,14-15H2,1H3,(H,24,25,26)/b10-9+. The van der Waals surface area contributed by atoms with E-state index >= 15 is 0 Å². The first-order valence-corrected chi connectivity index (χ1v) is 10.7. The second-order valence-corrected chi connectivity index (χ2v) is 8.07. The Bertz CT molecular complexity index is 991. The van der Waals surface area contributed by atoms with Crippen molar-refractivity contribution in [2.75, 3.05) is 18.4 Å². The van der Waals surface area contributed by atoms with E-state index in [0.29, 0.717) is 5.92 Å². The van der Waals surface area contributed by atoms with E-state index < -0.39 is 0 Å². The summed E-state index contributed by atoms with van der Waals surface area (Å²) in [5, 5.41) is 6.30. The number of amides is 1. The Morgan fingerprint density at radius 2 is 1.97 bits per heavy atom. The number of likely N-dealkylation sites (tertiary alicyclic amines) is 1. The number of carbonyl (C=O) groups is 1.